The third-order valence-corrected chi connectivity index (χ3v) is 4.70. The predicted octanol–water partition coefficient (Wildman–Crippen LogP) is 1.47. The third-order valence-electron chi connectivity index (χ3n) is 4.70. The molecule has 1 aliphatic rings. The number of hydrazine groups is 1. The summed E-state index contributed by atoms with van der Waals surface area (Å²) in [6.45, 7) is 4.41. The molecule has 1 heterocycles. The van der Waals surface area contributed by atoms with Crippen molar-refractivity contribution in [1.29, 1.82) is 0 Å². The van der Waals surface area contributed by atoms with E-state index >= 15 is 0 Å². The lowest BCUT2D eigenvalue weighted by Crippen LogP contribution is -2.53. The zero-order chi connectivity index (χ0) is 17.9. The van der Waals surface area contributed by atoms with Gasteiger partial charge in [0.15, 0.2) is 5.96 Å². The summed E-state index contributed by atoms with van der Waals surface area (Å²) in [5.74, 6) is 0.387. The summed E-state index contributed by atoms with van der Waals surface area (Å²) in [6.07, 6.45) is -0.131. The molecule has 0 radical (unpaired) electrons. The van der Waals surface area contributed by atoms with E-state index in [0.29, 0.717) is 5.96 Å². The number of nitrogens with two attached hydrogens (primary N) is 1. The minimum absolute atomic E-state index is 0.0391. The standard InChI is InChI=1S/C19H26N6/c1-19(2,16-22-18(25-24-16)23-17(20)21-3)15-11-9-14(10-12-15)13-7-5-4-6-8-13/h4-12,16,18,22,24-25H,1-3H3,(H3,20,21,23). The first-order valence-electron chi connectivity index (χ1n) is 8.42. The van der Waals surface area contributed by atoms with Gasteiger partial charge in [-0.15, -0.1) is 0 Å². The van der Waals surface area contributed by atoms with Crippen molar-refractivity contribution in [2.45, 2.75) is 31.7 Å². The number of benzene rings is 2. The van der Waals surface area contributed by atoms with Gasteiger partial charge in [0.05, 0.1) is 6.17 Å². The Bertz CT molecular complexity index is 723. The maximum atomic E-state index is 5.72. The summed E-state index contributed by atoms with van der Waals surface area (Å²) in [5, 5.41) is 6.50. The Hall–Kier alpha value is -2.41. The Morgan fingerprint density at radius 2 is 1.64 bits per heavy atom. The van der Waals surface area contributed by atoms with Crippen LogP contribution in [0.15, 0.2) is 59.6 Å². The van der Waals surface area contributed by atoms with Gasteiger partial charge in [-0.25, -0.2) is 10.9 Å². The third kappa shape index (κ3) is 3.82. The van der Waals surface area contributed by atoms with Gasteiger partial charge in [-0.1, -0.05) is 68.4 Å². The number of guanidine groups is 1. The average molecular weight is 338 g/mol. The minimum Gasteiger partial charge on any atom is -0.370 e. The Kier molecular flexibility index (Phi) is 5.03. The highest BCUT2D eigenvalue weighted by Gasteiger charge is 2.36. The van der Waals surface area contributed by atoms with Crippen LogP contribution < -0.4 is 27.2 Å². The molecule has 6 heteroatoms. The first kappa shape index (κ1) is 17.4. The summed E-state index contributed by atoms with van der Waals surface area (Å²) in [4.78, 5) is 3.91. The average Bonchev–Trinajstić information content (AvgIpc) is 3.12. The highest BCUT2D eigenvalue weighted by molar-refractivity contribution is 5.77. The lowest BCUT2D eigenvalue weighted by Gasteiger charge is -2.32. The molecule has 0 aliphatic carbocycles. The van der Waals surface area contributed by atoms with Gasteiger partial charge in [-0.2, -0.15) is 0 Å². The van der Waals surface area contributed by atoms with Gasteiger partial charge in [-0.05, 0) is 16.7 Å². The van der Waals surface area contributed by atoms with E-state index in [-0.39, 0.29) is 17.9 Å². The molecule has 1 aliphatic heterocycles. The SMILES string of the molecule is CN=C(N)NC1NNC(C(C)(C)c2ccc(-c3ccccc3)cc2)N1. The van der Waals surface area contributed by atoms with Crippen LogP contribution in [0.25, 0.3) is 11.1 Å². The van der Waals surface area contributed by atoms with Crippen LogP contribution in [0.4, 0.5) is 0 Å². The number of hydrogen-bond acceptors (Lipinski definition) is 4. The molecule has 2 aromatic rings. The summed E-state index contributed by atoms with van der Waals surface area (Å²) in [6, 6.07) is 19.1. The Balaban J connectivity index is 1.72. The molecule has 2 aromatic carbocycles. The fraction of sp³-hybridized carbons (Fsp3) is 0.316. The van der Waals surface area contributed by atoms with Gasteiger partial charge in [-0.3, -0.25) is 10.3 Å². The van der Waals surface area contributed by atoms with Gasteiger partial charge >= 0.3 is 0 Å². The fourth-order valence-corrected chi connectivity index (χ4v) is 2.99. The van der Waals surface area contributed by atoms with Gasteiger partial charge in [0, 0.05) is 12.5 Å². The van der Waals surface area contributed by atoms with Crippen molar-refractivity contribution >= 4 is 5.96 Å². The zero-order valence-electron chi connectivity index (χ0n) is 14.9. The van der Waals surface area contributed by atoms with Crippen LogP contribution in [0.3, 0.4) is 0 Å². The van der Waals surface area contributed by atoms with Crippen molar-refractivity contribution in [2.24, 2.45) is 10.7 Å². The molecule has 6 N–H and O–H groups in total. The van der Waals surface area contributed by atoms with Crippen molar-refractivity contribution in [2.75, 3.05) is 7.05 Å². The molecule has 0 amide bonds. The molecule has 3 rings (SSSR count). The Morgan fingerprint density at radius 1 is 1.00 bits per heavy atom. The van der Waals surface area contributed by atoms with Crippen LogP contribution in [0.1, 0.15) is 19.4 Å². The Morgan fingerprint density at radius 3 is 2.28 bits per heavy atom. The van der Waals surface area contributed by atoms with Gasteiger partial charge in [0.2, 0.25) is 0 Å². The van der Waals surface area contributed by atoms with E-state index in [2.05, 4.69) is 88.9 Å². The molecule has 2 unspecified atom stereocenters. The first-order valence-corrected chi connectivity index (χ1v) is 8.42. The first-order chi connectivity index (χ1) is 12.0. The Labute approximate surface area is 148 Å². The second kappa shape index (κ2) is 7.23. The smallest absolute Gasteiger partial charge is 0.190 e. The van der Waals surface area contributed by atoms with Crippen LogP contribution in [0.5, 0.6) is 0 Å². The second-order valence-corrected chi connectivity index (χ2v) is 6.74. The molecule has 0 aromatic heterocycles. The molecular formula is C19H26N6. The number of rotatable bonds is 4. The number of hydrogen-bond donors (Lipinski definition) is 5. The molecule has 132 valence electrons. The number of nitrogens with zero attached hydrogens (tertiary/aromatic N) is 1. The highest BCUT2D eigenvalue weighted by atomic mass is 15.6. The van der Waals surface area contributed by atoms with Gasteiger partial charge in [0.25, 0.3) is 0 Å². The fourth-order valence-electron chi connectivity index (χ4n) is 2.99. The van der Waals surface area contributed by atoms with Gasteiger partial charge in [0.1, 0.15) is 6.29 Å². The van der Waals surface area contributed by atoms with E-state index < -0.39 is 0 Å². The topological polar surface area (TPSA) is 86.5 Å². The van der Waals surface area contributed by atoms with E-state index in [1.807, 2.05) is 6.07 Å². The molecular weight excluding hydrogens is 312 g/mol. The monoisotopic (exact) mass is 338 g/mol. The van der Waals surface area contributed by atoms with E-state index in [1.165, 1.54) is 16.7 Å². The molecule has 2 atom stereocenters. The van der Waals surface area contributed by atoms with Crippen LogP contribution >= 0.6 is 0 Å². The van der Waals surface area contributed by atoms with Crippen LogP contribution in [-0.2, 0) is 5.41 Å². The van der Waals surface area contributed by atoms with Crippen LogP contribution in [0, 0.1) is 0 Å². The minimum atomic E-state index is -0.170. The van der Waals surface area contributed by atoms with Crippen molar-refractivity contribution in [3.63, 3.8) is 0 Å². The highest BCUT2D eigenvalue weighted by Crippen LogP contribution is 2.29. The maximum absolute atomic E-state index is 5.72. The van der Waals surface area contributed by atoms with Crippen LogP contribution in [0.2, 0.25) is 0 Å². The van der Waals surface area contributed by atoms with Crippen molar-refractivity contribution in [3.8, 4) is 11.1 Å². The number of aliphatic imine (C=N–C) groups is 1. The summed E-state index contributed by atoms with van der Waals surface area (Å²) < 4.78 is 0. The van der Waals surface area contributed by atoms with Gasteiger partial charge < -0.3 is 11.1 Å². The van der Waals surface area contributed by atoms with Crippen molar-refractivity contribution in [3.05, 3.63) is 60.2 Å². The quantitative estimate of drug-likeness (QED) is 0.431. The van der Waals surface area contributed by atoms with E-state index in [0.717, 1.165) is 0 Å². The normalized spacial score (nSPS) is 21.3. The van der Waals surface area contributed by atoms with E-state index in [9.17, 15) is 0 Å². The van der Waals surface area contributed by atoms with E-state index in [1.54, 1.807) is 7.05 Å². The summed E-state index contributed by atoms with van der Waals surface area (Å²) >= 11 is 0. The lowest BCUT2D eigenvalue weighted by molar-refractivity contribution is 0.333. The molecule has 0 saturated carbocycles. The molecule has 1 fully saturated rings. The number of nitrogens with one attached hydrogen (secondary N) is 4. The molecule has 0 spiro atoms. The maximum Gasteiger partial charge on any atom is 0.190 e. The zero-order valence-corrected chi connectivity index (χ0v) is 14.9. The largest absolute Gasteiger partial charge is 0.370 e. The molecule has 25 heavy (non-hydrogen) atoms. The summed E-state index contributed by atoms with van der Waals surface area (Å²) in [5.41, 5.74) is 15.7. The van der Waals surface area contributed by atoms with Crippen molar-refractivity contribution in [1.82, 2.24) is 21.5 Å². The molecule has 1 saturated heterocycles. The lowest BCUT2D eigenvalue weighted by atomic mass is 9.81. The van der Waals surface area contributed by atoms with Crippen molar-refractivity contribution < 1.29 is 0 Å². The van der Waals surface area contributed by atoms with E-state index in [4.69, 9.17) is 5.73 Å². The predicted molar refractivity (Wildman–Crippen MR) is 103 cm³/mol. The molecule has 0 bridgehead atoms. The second-order valence-electron chi connectivity index (χ2n) is 6.74. The summed E-state index contributed by atoms with van der Waals surface area (Å²) in [7, 11) is 1.65. The van der Waals surface area contributed by atoms with Crippen LogP contribution in [-0.4, -0.2) is 25.5 Å². The molecule has 6 nitrogen and oxygen atoms in total.